The molecule has 2 heterocycles. The minimum atomic E-state index is 0.677. The number of benzene rings is 2. The summed E-state index contributed by atoms with van der Waals surface area (Å²) in [6, 6.07) is 13.9. The fourth-order valence-corrected chi connectivity index (χ4v) is 3.31. The van der Waals surface area contributed by atoms with E-state index in [1.165, 1.54) is 0 Å². The second kappa shape index (κ2) is 6.49. The predicted molar refractivity (Wildman–Crippen MR) is 97.5 cm³/mol. The molecule has 6 heteroatoms. The molecule has 1 N–H and O–H groups in total. The van der Waals surface area contributed by atoms with Gasteiger partial charge in [-0.15, -0.1) is 0 Å². The third-order valence-corrected chi connectivity index (χ3v) is 4.72. The minimum absolute atomic E-state index is 0.677. The number of fused-ring (bicyclic) bond motifs is 2. The Labute approximate surface area is 143 Å². The summed E-state index contributed by atoms with van der Waals surface area (Å²) >= 11 is 1.59. The van der Waals surface area contributed by atoms with Gasteiger partial charge in [-0.05, 0) is 37.3 Å². The quantitative estimate of drug-likeness (QED) is 0.571. The van der Waals surface area contributed by atoms with Crippen molar-refractivity contribution in [1.82, 2.24) is 4.98 Å². The molecule has 1 aliphatic heterocycles. The number of hydrogen-bond donors (Lipinski definition) is 1. The van der Waals surface area contributed by atoms with E-state index in [2.05, 4.69) is 21.6 Å². The normalized spacial score (nSPS) is 14.5. The van der Waals surface area contributed by atoms with Crippen LogP contribution in [0.5, 0.6) is 11.5 Å². The first-order valence-electron chi connectivity index (χ1n) is 7.85. The predicted octanol–water partition coefficient (Wildman–Crippen LogP) is 4.29. The number of hydrogen-bond acceptors (Lipinski definition) is 6. The Hall–Kier alpha value is -2.60. The van der Waals surface area contributed by atoms with E-state index in [1.807, 2.05) is 43.3 Å². The smallest absolute Gasteiger partial charge is 0.204 e. The lowest BCUT2D eigenvalue weighted by Gasteiger charge is -2.09. The number of nitrogens with one attached hydrogen (secondary N) is 1. The standard InChI is InChI=1S/C18H17N3O2S/c1-12(13-7-8-15-16(11-13)23-10-4-9-22-15)20-21-18-19-14-5-2-3-6-17(14)24-18/h2-3,5-8,11H,4,9-10H2,1H3,(H,19,21)/b20-12-. The number of nitrogens with zero attached hydrogens (tertiary/aromatic N) is 2. The van der Waals surface area contributed by atoms with Gasteiger partial charge in [-0.2, -0.15) is 5.10 Å². The molecule has 3 aromatic rings. The van der Waals surface area contributed by atoms with Gasteiger partial charge in [0.05, 0.1) is 29.1 Å². The first kappa shape index (κ1) is 15.0. The molecular formula is C18H17N3O2S. The zero-order valence-electron chi connectivity index (χ0n) is 13.3. The lowest BCUT2D eigenvalue weighted by Crippen LogP contribution is -2.01. The highest BCUT2D eigenvalue weighted by Gasteiger charge is 2.11. The van der Waals surface area contributed by atoms with E-state index in [-0.39, 0.29) is 0 Å². The maximum absolute atomic E-state index is 5.73. The molecule has 24 heavy (non-hydrogen) atoms. The molecule has 4 rings (SSSR count). The molecule has 0 spiro atoms. The van der Waals surface area contributed by atoms with Gasteiger partial charge in [0, 0.05) is 12.0 Å². The van der Waals surface area contributed by atoms with E-state index < -0.39 is 0 Å². The molecule has 0 unspecified atom stereocenters. The van der Waals surface area contributed by atoms with Crippen LogP contribution in [0.4, 0.5) is 5.13 Å². The van der Waals surface area contributed by atoms with Crippen molar-refractivity contribution in [3.05, 3.63) is 48.0 Å². The lowest BCUT2D eigenvalue weighted by atomic mass is 10.1. The van der Waals surface area contributed by atoms with E-state index in [4.69, 9.17) is 9.47 Å². The molecule has 2 aromatic carbocycles. The fraction of sp³-hybridized carbons (Fsp3) is 0.222. The van der Waals surface area contributed by atoms with Crippen LogP contribution in [0.1, 0.15) is 18.9 Å². The average Bonchev–Trinajstić information content (AvgIpc) is 2.88. The Kier molecular flexibility index (Phi) is 4.04. The summed E-state index contributed by atoms with van der Waals surface area (Å²) in [4.78, 5) is 4.52. The van der Waals surface area contributed by atoms with Crippen molar-refractivity contribution in [3.63, 3.8) is 0 Å². The number of ether oxygens (including phenoxy) is 2. The van der Waals surface area contributed by atoms with E-state index in [0.29, 0.717) is 13.2 Å². The molecular weight excluding hydrogens is 322 g/mol. The van der Waals surface area contributed by atoms with Crippen LogP contribution in [-0.4, -0.2) is 23.9 Å². The van der Waals surface area contributed by atoms with Crippen molar-refractivity contribution in [2.45, 2.75) is 13.3 Å². The molecule has 0 atom stereocenters. The van der Waals surface area contributed by atoms with Crippen molar-refractivity contribution < 1.29 is 9.47 Å². The highest BCUT2D eigenvalue weighted by atomic mass is 32.1. The van der Waals surface area contributed by atoms with Crippen molar-refractivity contribution in [1.29, 1.82) is 0 Å². The summed E-state index contributed by atoms with van der Waals surface area (Å²) in [5, 5.41) is 5.23. The van der Waals surface area contributed by atoms with Gasteiger partial charge in [-0.1, -0.05) is 23.5 Å². The molecule has 5 nitrogen and oxygen atoms in total. The summed E-state index contributed by atoms with van der Waals surface area (Å²) < 4.78 is 12.5. The summed E-state index contributed by atoms with van der Waals surface area (Å²) in [5.41, 5.74) is 5.89. The maximum atomic E-state index is 5.73. The van der Waals surface area contributed by atoms with E-state index in [1.54, 1.807) is 11.3 Å². The average molecular weight is 339 g/mol. The van der Waals surface area contributed by atoms with Crippen molar-refractivity contribution in [3.8, 4) is 11.5 Å². The molecule has 0 bridgehead atoms. The van der Waals surface area contributed by atoms with Gasteiger partial charge < -0.3 is 9.47 Å². The summed E-state index contributed by atoms with van der Waals surface area (Å²) in [6.07, 6.45) is 0.899. The van der Waals surface area contributed by atoms with Gasteiger partial charge in [0.1, 0.15) is 0 Å². The summed E-state index contributed by atoms with van der Waals surface area (Å²) in [7, 11) is 0. The molecule has 0 saturated carbocycles. The van der Waals surface area contributed by atoms with Crippen LogP contribution in [0.3, 0.4) is 0 Å². The third kappa shape index (κ3) is 3.05. The second-order valence-electron chi connectivity index (χ2n) is 5.51. The van der Waals surface area contributed by atoms with Gasteiger partial charge >= 0.3 is 0 Å². The van der Waals surface area contributed by atoms with Crippen LogP contribution in [0, 0.1) is 0 Å². The van der Waals surface area contributed by atoms with Gasteiger partial charge in [-0.25, -0.2) is 4.98 Å². The maximum Gasteiger partial charge on any atom is 0.204 e. The number of hydrazone groups is 1. The Morgan fingerprint density at radius 2 is 1.96 bits per heavy atom. The number of para-hydroxylation sites is 1. The Balaban J connectivity index is 1.55. The molecule has 0 fully saturated rings. The van der Waals surface area contributed by atoms with Gasteiger partial charge in [0.25, 0.3) is 0 Å². The van der Waals surface area contributed by atoms with Crippen molar-refractivity contribution in [2.75, 3.05) is 18.6 Å². The minimum Gasteiger partial charge on any atom is -0.490 e. The molecule has 0 saturated heterocycles. The highest BCUT2D eigenvalue weighted by Crippen LogP contribution is 2.31. The van der Waals surface area contributed by atoms with Gasteiger partial charge in [0.15, 0.2) is 11.5 Å². The van der Waals surface area contributed by atoms with E-state index in [9.17, 15) is 0 Å². The van der Waals surface area contributed by atoms with Crippen LogP contribution < -0.4 is 14.9 Å². The largest absolute Gasteiger partial charge is 0.490 e. The van der Waals surface area contributed by atoms with Gasteiger partial charge in [0.2, 0.25) is 5.13 Å². The van der Waals surface area contributed by atoms with E-state index >= 15 is 0 Å². The Morgan fingerprint density at radius 3 is 2.83 bits per heavy atom. The topological polar surface area (TPSA) is 55.7 Å². The third-order valence-electron chi connectivity index (χ3n) is 3.78. The number of aromatic nitrogens is 1. The fourth-order valence-electron chi connectivity index (χ4n) is 2.50. The van der Waals surface area contributed by atoms with Crippen LogP contribution >= 0.6 is 11.3 Å². The first-order valence-corrected chi connectivity index (χ1v) is 8.67. The Morgan fingerprint density at radius 1 is 1.12 bits per heavy atom. The van der Waals surface area contributed by atoms with Crippen LogP contribution in [0.15, 0.2) is 47.6 Å². The zero-order chi connectivity index (χ0) is 16.4. The zero-order valence-corrected chi connectivity index (χ0v) is 14.1. The first-order chi connectivity index (χ1) is 11.8. The summed E-state index contributed by atoms with van der Waals surface area (Å²) in [6.45, 7) is 3.33. The number of thiazole rings is 1. The van der Waals surface area contributed by atoms with Crippen LogP contribution in [0.2, 0.25) is 0 Å². The number of rotatable bonds is 3. The number of anilines is 1. The Bertz CT molecular complexity index is 871. The summed E-state index contributed by atoms with van der Waals surface area (Å²) in [5.74, 6) is 1.57. The molecule has 1 aliphatic rings. The second-order valence-corrected chi connectivity index (χ2v) is 6.54. The molecule has 122 valence electrons. The molecule has 0 radical (unpaired) electrons. The molecule has 0 aliphatic carbocycles. The lowest BCUT2D eigenvalue weighted by molar-refractivity contribution is 0.297. The SMILES string of the molecule is C/C(=N/Nc1nc2ccccc2s1)c1ccc2c(c1)OCCCO2. The van der Waals surface area contributed by atoms with Crippen molar-refractivity contribution >= 4 is 32.4 Å². The van der Waals surface area contributed by atoms with Crippen LogP contribution in [0.25, 0.3) is 10.2 Å². The molecule has 1 aromatic heterocycles. The van der Waals surface area contributed by atoms with Crippen molar-refractivity contribution in [2.24, 2.45) is 5.10 Å². The molecule has 0 amide bonds. The van der Waals surface area contributed by atoms with E-state index in [0.717, 1.165) is 44.5 Å². The monoisotopic (exact) mass is 339 g/mol. The van der Waals surface area contributed by atoms with Crippen LogP contribution in [-0.2, 0) is 0 Å². The van der Waals surface area contributed by atoms with Gasteiger partial charge in [-0.3, -0.25) is 5.43 Å². The highest BCUT2D eigenvalue weighted by molar-refractivity contribution is 7.22.